The van der Waals surface area contributed by atoms with Crippen molar-refractivity contribution in [3.63, 3.8) is 0 Å². The summed E-state index contributed by atoms with van der Waals surface area (Å²) < 4.78 is 31.6. The molecule has 0 radical (unpaired) electrons. The Morgan fingerprint density at radius 3 is 1.20 bits per heavy atom. The van der Waals surface area contributed by atoms with E-state index >= 15 is 0 Å². The molecule has 0 saturated carbocycles. The van der Waals surface area contributed by atoms with Crippen LogP contribution in [0.15, 0.2) is 0 Å². The predicted octanol–water partition coefficient (Wildman–Crippen LogP) is -1.84. The number of rotatable bonds is 1. The standard InChI is InChI=1S/C2H6O2.Ba.H2O4S.2H/c3-1-2-4;;1-5(2,3)4;;/h3-4H,1-2H2;;(H2,1,2,3,4);;/q;+2;;2*-1. The van der Waals surface area contributed by atoms with E-state index in [9.17, 15) is 0 Å². The van der Waals surface area contributed by atoms with Crippen molar-refractivity contribution >= 4 is 59.3 Å². The van der Waals surface area contributed by atoms with Gasteiger partial charge in [0.2, 0.25) is 0 Å². The van der Waals surface area contributed by atoms with E-state index in [2.05, 4.69) is 0 Å². The fraction of sp³-hybridized carbons (Fsp3) is 1.00. The molecule has 0 saturated heterocycles. The first kappa shape index (κ1) is 17.4. The predicted molar refractivity (Wildman–Crippen MR) is 36.3 cm³/mol. The molecule has 0 bridgehead atoms. The molecule has 0 aromatic rings. The minimum atomic E-state index is -4.67. The third-order valence-electron chi connectivity index (χ3n) is 0.1000. The van der Waals surface area contributed by atoms with E-state index < -0.39 is 10.4 Å². The maximum Gasteiger partial charge on any atom is 2.00 e. The zero-order chi connectivity index (χ0) is 7.91. The van der Waals surface area contributed by atoms with Gasteiger partial charge in [-0.3, -0.25) is 9.11 Å². The quantitative estimate of drug-likeness (QED) is 0.334. The second-order valence-corrected chi connectivity index (χ2v) is 1.79. The van der Waals surface area contributed by atoms with Gasteiger partial charge < -0.3 is 13.1 Å². The van der Waals surface area contributed by atoms with E-state index in [1.165, 1.54) is 0 Å². The van der Waals surface area contributed by atoms with Crippen molar-refractivity contribution < 1.29 is 30.6 Å². The van der Waals surface area contributed by atoms with E-state index in [0.717, 1.165) is 0 Å². The Balaban J connectivity index is -0.0000000221. The van der Waals surface area contributed by atoms with Crippen molar-refractivity contribution in [2.75, 3.05) is 13.2 Å². The van der Waals surface area contributed by atoms with Gasteiger partial charge >= 0.3 is 59.3 Å². The smallest absolute Gasteiger partial charge is 1.00 e. The van der Waals surface area contributed by atoms with Gasteiger partial charge in [0.1, 0.15) is 0 Å². The third-order valence-corrected chi connectivity index (χ3v) is 0.1000. The average molecular weight is 299 g/mol. The Kier molecular flexibility index (Phi) is 18.1. The summed E-state index contributed by atoms with van der Waals surface area (Å²) in [6, 6.07) is 0. The van der Waals surface area contributed by atoms with Crippen molar-refractivity contribution in [1.82, 2.24) is 0 Å². The van der Waals surface area contributed by atoms with Gasteiger partial charge in [0, 0.05) is 0 Å². The van der Waals surface area contributed by atoms with Gasteiger partial charge in [-0.05, 0) is 0 Å². The van der Waals surface area contributed by atoms with Crippen LogP contribution in [0.2, 0.25) is 0 Å². The molecule has 0 fully saturated rings. The summed E-state index contributed by atoms with van der Waals surface area (Å²) in [6.45, 7) is -0.250. The van der Waals surface area contributed by atoms with Crippen LogP contribution in [0.3, 0.4) is 0 Å². The van der Waals surface area contributed by atoms with Crippen LogP contribution in [-0.4, -0.2) is 89.8 Å². The number of aliphatic hydroxyl groups is 2. The maximum absolute atomic E-state index is 8.74. The first-order chi connectivity index (χ1) is 3.91. The van der Waals surface area contributed by atoms with Crippen molar-refractivity contribution in [2.24, 2.45) is 0 Å². The second-order valence-electron chi connectivity index (χ2n) is 0.895. The molecule has 8 heteroatoms. The third kappa shape index (κ3) is 117. The van der Waals surface area contributed by atoms with Crippen molar-refractivity contribution in [3.05, 3.63) is 0 Å². The maximum atomic E-state index is 8.74. The molecule has 0 aliphatic heterocycles. The van der Waals surface area contributed by atoms with Gasteiger partial charge in [-0.25, -0.2) is 0 Å². The Morgan fingerprint density at radius 2 is 1.20 bits per heavy atom. The molecule has 0 amide bonds. The topological polar surface area (TPSA) is 115 Å². The van der Waals surface area contributed by atoms with Crippen molar-refractivity contribution in [2.45, 2.75) is 0 Å². The Morgan fingerprint density at radius 1 is 1.10 bits per heavy atom. The molecule has 10 heavy (non-hydrogen) atoms. The first-order valence-corrected chi connectivity index (χ1v) is 3.23. The molecule has 0 aliphatic rings. The molecule has 0 atom stereocenters. The molecule has 0 aliphatic carbocycles. The van der Waals surface area contributed by atoms with E-state index in [-0.39, 0.29) is 64.9 Å². The fourth-order valence-electron chi connectivity index (χ4n) is 0. The van der Waals surface area contributed by atoms with Gasteiger partial charge in [0.25, 0.3) is 0 Å². The summed E-state index contributed by atoms with van der Waals surface area (Å²) in [5.74, 6) is 0. The molecule has 0 rings (SSSR count). The summed E-state index contributed by atoms with van der Waals surface area (Å²) in [7, 11) is -4.67. The van der Waals surface area contributed by atoms with Crippen LogP contribution in [0.5, 0.6) is 0 Å². The normalized spacial score (nSPS) is 8.80. The minimum absolute atomic E-state index is 0. The van der Waals surface area contributed by atoms with Gasteiger partial charge in [-0.1, -0.05) is 0 Å². The van der Waals surface area contributed by atoms with Crippen LogP contribution < -0.4 is 0 Å². The van der Waals surface area contributed by atoms with E-state index in [0.29, 0.717) is 0 Å². The molecule has 0 aromatic carbocycles. The Bertz CT molecular complexity index is 126. The van der Waals surface area contributed by atoms with Crippen LogP contribution in [-0.2, 0) is 10.4 Å². The summed E-state index contributed by atoms with van der Waals surface area (Å²) in [5.41, 5.74) is 0. The minimum Gasteiger partial charge on any atom is -1.00 e. The monoisotopic (exact) mass is 300 g/mol. The molecule has 4 N–H and O–H groups in total. The van der Waals surface area contributed by atoms with Crippen molar-refractivity contribution in [1.29, 1.82) is 0 Å². The van der Waals surface area contributed by atoms with Crippen LogP contribution in [0, 0.1) is 0 Å². The second kappa shape index (κ2) is 10.4. The van der Waals surface area contributed by atoms with Gasteiger partial charge in [-0.2, -0.15) is 8.42 Å². The van der Waals surface area contributed by atoms with Gasteiger partial charge in [0.05, 0.1) is 13.2 Å². The van der Waals surface area contributed by atoms with Crippen LogP contribution in [0.25, 0.3) is 0 Å². The Hall–Kier alpha value is 1.36. The van der Waals surface area contributed by atoms with Crippen LogP contribution in [0.4, 0.5) is 0 Å². The van der Waals surface area contributed by atoms with E-state index in [1.54, 1.807) is 0 Å². The SMILES string of the molecule is O=S(=O)(O)O.OCCO.[Ba+2].[H-].[H-]. The largest absolute Gasteiger partial charge is 2.00 e. The van der Waals surface area contributed by atoms with E-state index in [1.807, 2.05) is 0 Å². The average Bonchev–Trinajstić information content (AvgIpc) is 1.61. The summed E-state index contributed by atoms with van der Waals surface area (Å²) in [6.07, 6.45) is 0. The molecule has 0 unspecified atom stereocenters. The molecule has 6 nitrogen and oxygen atoms in total. The van der Waals surface area contributed by atoms with Gasteiger partial charge in [-0.15, -0.1) is 0 Å². The van der Waals surface area contributed by atoms with Gasteiger partial charge in [0.15, 0.2) is 0 Å². The number of hydrogen-bond acceptors (Lipinski definition) is 4. The van der Waals surface area contributed by atoms with Crippen molar-refractivity contribution in [3.8, 4) is 0 Å². The summed E-state index contributed by atoms with van der Waals surface area (Å²) >= 11 is 0. The first-order valence-electron chi connectivity index (χ1n) is 1.83. The molecule has 0 aromatic heterocycles. The molecule has 0 heterocycles. The molecular weight excluding hydrogens is 289 g/mol. The zero-order valence-corrected chi connectivity index (χ0v) is 10.4. The molecule has 0 spiro atoms. The Labute approximate surface area is 102 Å². The summed E-state index contributed by atoms with van der Waals surface area (Å²) in [4.78, 5) is 0. The number of aliphatic hydroxyl groups excluding tert-OH is 2. The number of hydrogen-bond donors (Lipinski definition) is 4. The van der Waals surface area contributed by atoms with E-state index in [4.69, 9.17) is 27.7 Å². The van der Waals surface area contributed by atoms with Crippen LogP contribution in [0.1, 0.15) is 2.85 Å². The molecular formula is C2H10BaO6S. The zero-order valence-electron chi connectivity index (χ0n) is 7.13. The molecule has 62 valence electrons. The fourth-order valence-corrected chi connectivity index (χ4v) is 0. The van der Waals surface area contributed by atoms with Crippen LogP contribution >= 0.6 is 0 Å². The summed E-state index contributed by atoms with van der Waals surface area (Å²) in [5, 5.41) is 15.2.